The molecule has 1 N–H and O–H groups in total. The molecule has 102 valence electrons. The van der Waals surface area contributed by atoms with Gasteiger partial charge in [-0.2, -0.15) is 0 Å². The Morgan fingerprint density at radius 3 is 2.84 bits per heavy atom. The molecule has 1 saturated heterocycles. The zero-order chi connectivity index (χ0) is 13.6. The molecule has 1 fully saturated rings. The maximum absolute atomic E-state index is 12.0. The number of carbonyl (C=O) groups is 2. The van der Waals surface area contributed by atoms with E-state index in [4.69, 9.17) is 0 Å². The molecule has 19 heavy (non-hydrogen) atoms. The van der Waals surface area contributed by atoms with Gasteiger partial charge in [0.05, 0.1) is 10.6 Å². The minimum absolute atomic E-state index is 0.0123. The van der Waals surface area contributed by atoms with Gasteiger partial charge in [0.15, 0.2) is 10.9 Å². The molecule has 1 aromatic heterocycles. The number of rotatable bonds is 1. The summed E-state index contributed by atoms with van der Waals surface area (Å²) in [6, 6.07) is 0. The van der Waals surface area contributed by atoms with Crippen LogP contribution in [0.15, 0.2) is 0 Å². The summed E-state index contributed by atoms with van der Waals surface area (Å²) in [6.45, 7) is 5.15. The van der Waals surface area contributed by atoms with Crippen LogP contribution in [0.25, 0.3) is 0 Å². The Bertz CT molecular complexity index is 550. The summed E-state index contributed by atoms with van der Waals surface area (Å²) in [6.07, 6.45) is 2.38. The normalized spacial score (nSPS) is 22.1. The van der Waals surface area contributed by atoms with E-state index in [0.29, 0.717) is 13.0 Å². The van der Waals surface area contributed by atoms with E-state index in [1.54, 1.807) is 0 Å². The summed E-state index contributed by atoms with van der Waals surface area (Å²) < 4.78 is 0. The number of carbonyl (C=O) groups excluding carboxylic acids is 2. The lowest BCUT2D eigenvalue weighted by atomic mass is 10.00. The number of aromatic nitrogens is 1. The fourth-order valence-corrected chi connectivity index (χ4v) is 3.86. The average Bonchev–Trinajstić information content (AvgIpc) is 2.77. The van der Waals surface area contributed by atoms with Crippen LogP contribution in [0, 0.1) is 0 Å². The van der Waals surface area contributed by atoms with Crippen LogP contribution in [0.3, 0.4) is 0 Å². The van der Waals surface area contributed by atoms with Gasteiger partial charge in [0, 0.05) is 19.5 Å². The van der Waals surface area contributed by atoms with Crippen molar-refractivity contribution >= 4 is 28.2 Å². The summed E-state index contributed by atoms with van der Waals surface area (Å²) in [5.41, 5.74) is 0.305. The van der Waals surface area contributed by atoms with E-state index < -0.39 is 5.54 Å². The van der Waals surface area contributed by atoms with E-state index >= 15 is 0 Å². The molecule has 6 heteroatoms. The predicted molar refractivity (Wildman–Crippen MR) is 73.8 cm³/mol. The van der Waals surface area contributed by atoms with Gasteiger partial charge in [-0.25, -0.2) is 4.98 Å². The molecular weight excluding hydrogens is 262 g/mol. The highest BCUT2D eigenvalue weighted by Gasteiger charge is 2.40. The van der Waals surface area contributed by atoms with Gasteiger partial charge in [0.1, 0.15) is 5.54 Å². The molecule has 0 aromatic carbocycles. The lowest BCUT2D eigenvalue weighted by Gasteiger charge is -2.41. The zero-order valence-electron chi connectivity index (χ0n) is 11.2. The van der Waals surface area contributed by atoms with Crippen molar-refractivity contribution in [2.45, 2.75) is 38.6 Å². The van der Waals surface area contributed by atoms with E-state index in [1.165, 1.54) is 11.3 Å². The van der Waals surface area contributed by atoms with Crippen LogP contribution < -0.4 is 10.2 Å². The highest BCUT2D eigenvalue weighted by atomic mass is 32.1. The van der Waals surface area contributed by atoms with Crippen molar-refractivity contribution in [3.63, 3.8) is 0 Å². The first-order valence-corrected chi connectivity index (χ1v) is 7.40. The second-order valence-corrected chi connectivity index (χ2v) is 6.49. The van der Waals surface area contributed by atoms with Crippen LogP contribution in [-0.2, 0) is 11.2 Å². The summed E-state index contributed by atoms with van der Waals surface area (Å²) in [4.78, 5) is 31.3. The van der Waals surface area contributed by atoms with E-state index in [9.17, 15) is 9.59 Å². The number of amides is 1. The van der Waals surface area contributed by atoms with E-state index in [2.05, 4.69) is 10.3 Å². The van der Waals surface area contributed by atoms with E-state index in [1.807, 2.05) is 18.7 Å². The van der Waals surface area contributed by atoms with Crippen molar-refractivity contribution in [1.29, 1.82) is 0 Å². The minimum Gasteiger partial charge on any atom is -0.352 e. The Balaban J connectivity index is 1.98. The van der Waals surface area contributed by atoms with Gasteiger partial charge >= 0.3 is 0 Å². The third-order valence-electron chi connectivity index (χ3n) is 3.84. The predicted octanol–water partition coefficient (Wildman–Crippen LogP) is 1.38. The molecular formula is C13H17N3O2S. The number of piperazine rings is 1. The Kier molecular flexibility index (Phi) is 2.85. The molecule has 0 spiro atoms. The van der Waals surface area contributed by atoms with Gasteiger partial charge in [0.25, 0.3) is 0 Å². The number of hydrogen-bond acceptors (Lipinski definition) is 5. The molecule has 0 saturated carbocycles. The van der Waals surface area contributed by atoms with Crippen molar-refractivity contribution in [2.24, 2.45) is 0 Å². The Labute approximate surface area is 116 Å². The van der Waals surface area contributed by atoms with Crippen LogP contribution >= 0.6 is 11.3 Å². The first-order chi connectivity index (χ1) is 9.00. The van der Waals surface area contributed by atoms with E-state index in [0.717, 1.165) is 35.1 Å². The number of Topliss-reactive ketones (excluding diaryl/α,β-unsaturated/α-hetero) is 1. The van der Waals surface area contributed by atoms with Gasteiger partial charge in [-0.1, -0.05) is 11.3 Å². The summed E-state index contributed by atoms with van der Waals surface area (Å²) >= 11 is 1.44. The van der Waals surface area contributed by atoms with Gasteiger partial charge in [-0.3, -0.25) is 9.59 Å². The Morgan fingerprint density at radius 2 is 2.11 bits per heavy atom. The third kappa shape index (κ3) is 1.94. The second-order valence-electron chi connectivity index (χ2n) is 5.52. The highest BCUT2D eigenvalue weighted by Crippen LogP contribution is 2.35. The maximum atomic E-state index is 12.0. The SMILES string of the molecule is CC1(C)C(=O)NCCN1c1nc2c(s1)C(=O)CCC2. The molecule has 1 aromatic rings. The molecule has 1 aliphatic heterocycles. The molecule has 0 radical (unpaired) electrons. The summed E-state index contributed by atoms with van der Waals surface area (Å²) in [5.74, 6) is 0.211. The third-order valence-corrected chi connectivity index (χ3v) is 5.00. The van der Waals surface area contributed by atoms with Crippen LogP contribution in [-0.4, -0.2) is 35.3 Å². The molecule has 0 bridgehead atoms. The minimum atomic E-state index is -0.609. The molecule has 2 heterocycles. The smallest absolute Gasteiger partial charge is 0.245 e. The van der Waals surface area contributed by atoms with Crippen molar-refractivity contribution in [1.82, 2.24) is 10.3 Å². The Hall–Kier alpha value is -1.43. The van der Waals surface area contributed by atoms with Gasteiger partial charge in [-0.05, 0) is 26.7 Å². The zero-order valence-corrected chi connectivity index (χ0v) is 12.0. The first-order valence-electron chi connectivity index (χ1n) is 6.59. The van der Waals surface area contributed by atoms with Crippen LogP contribution in [0.4, 0.5) is 5.13 Å². The lowest BCUT2D eigenvalue weighted by molar-refractivity contribution is -0.126. The molecule has 0 atom stereocenters. The van der Waals surface area contributed by atoms with Crippen LogP contribution in [0.2, 0.25) is 0 Å². The quantitative estimate of drug-likeness (QED) is 0.843. The number of fused-ring (bicyclic) bond motifs is 1. The number of hydrogen-bond donors (Lipinski definition) is 1. The van der Waals surface area contributed by atoms with E-state index in [-0.39, 0.29) is 11.7 Å². The van der Waals surface area contributed by atoms with Crippen molar-refractivity contribution in [2.75, 3.05) is 18.0 Å². The summed E-state index contributed by atoms with van der Waals surface area (Å²) in [7, 11) is 0. The van der Waals surface area contributed by atoms with Gasteiger partial charge < -0.3 is 10.2 Å². The molecule has 2 aliphatic rings. The summed E-state index contributed by atoms with van der Waals surface area (Å²) in [5, 5.41) is 3.68. The molecule has 1 amide bonds. The number of aryl methyl sites for hydroxylation is 1. The first kappa shape index (κ1) is 12.6. The standard InChI is InChI=1S/C13H17N3O2S/c1-13(2)11(18)14-6-7-16(13)12-15-8-4-3-5-9(17)10(8)19-12/h3-7H2,1-2H3,(H,14,18). The number of nitrogens with one attached hydrogen (secondary N) is 1. The van der Waals surface area contributed by atoms with Crippen LogP contribution in [0.1, 0.15) is 42.1 Å². The monoisotopic (exact) mass is 279 g/mol. The van der Waals surface area contributed by atoms with Crippen LogP contribution in [0.5, 0.6) is 0 Å². The highest BCUT2D eigenvalue weighted by molar-refractivity contribution is 7.17. The van der Waals surface area contributed by atoms with Gasteiger partial charge in [0.2, 0.25) is 5.91 Å². The van der Waals surface area contributed by atoms with Crippen molar-refractivity contribution in [3.8, 4) is 0 Å². The lowest BCUT2D eigenvalue weighted by Crippen LogP contribution is -2.62. The molecule has 3 rings (SSSR count). The number of nitrogens with zero attached hydrogens (tertiary/aromatic N) is 2. The van der Waals surface area contributed by atoms with Gasteiger partial charge in [-0.15, -0.1) is 0 Å². The largest absolute Gasteiger partial charge is 0.352 e. The number of anilines is 1. The molecule has 5 nitrogen and oxygen atoms in total. The fourth-order valence-electron chi connectivity index (χ4n) is 2.61. The number of thiazole rings is 1. The Morgan fingerprint density at radius 1 is 1.32 bits per heavy atom. The fraction of sp³-hybridized carbons (Fsp3) is 0.615. The number of ketones is 1. The molecule has 1 aliphatic carbocycles. The van der Waals surface area contributed by atoms with Crippen molar-refractivity contribution < 1.29 is 9.59 Å². The molecule has 0 unspecified atom stereocenters. The topological polar surface area (TPSA) is 62.3 Å². The maximum Gasteiger partial charge on any atom is 0.245 e. The average molecular weight is 279 g/mol. The second kappa shape index (κ2) is 4.30. The van der Waals surface area contributed by atoms with Crippen molar-refractivity contribution in [3.05, 3.63) is 10.6 Å².